The molecule has 0 aromatic carbocycles. The first-order valence-corrected chi connectivity index (χ1v) is 6.89. The highest BCUT2D eigenvalue weighted by molar-refractivity contribution is 7.99. The highest BCUT2D eigenvalue weighted by atomic mass is 32.2. The van der Waals surface area contributed by atoms with Gasteiger partial charge in [-0.1, -0.05) is 11.8 Å². The van der Waals surface area contributed by atoms with Gasteiger partial charge in [-0.2, -0.15) is 20.1 Å². The normalized spacial score (nSPS) is 10.9. The van der Waals surface area contributed by atoms with Gasteiger partial charge in [-0.25, -0.2) is 4.68 Å². The summed E-state index contributed by atoms with van der Waals surface area (Å²) in [6.07, 6.45) is 3.50. The quantitative estimate of drug-likeness (QED) is 0.782. The van der Waals surface area contributed by atoms with Crippen molar-refractivity contribution >= 4 is 17.7 Å². The maximum absolute atomic E-state index is 4.40. The van der Waals surface area contributed by atoms with Crippen LogP contribution in [0.2, 0.25) is 0 Å². The first kappa shape index (κ1) is 13.8. The zero-order valence-corrected chi connectivity index (χ0v) is 12.1. The molecule has 19 heavy (non-hydrogen) atoms. The first-order valence-electron chi connectivity index (χ1n) is 5.90. The van der Waals surface area contributed by atoms with E-state index in [1.165, 1.54) is 0 Å². The Kier molecular flexibility index (Phi) is 4.69. The fraction of sp³-hybridized carbons (Fsp3) is 0.455. The summed E-state index contributed by atoms with van der Waals surface area (Å²) in [6, 6.07) is 1.84. The molecule has 0 fully saturated rings. The number of rotatable bonds is 6. The molecule has 0 saturated heterocycles. The molecule has 2 aromatic rings. The van der Waals surface area contributed by atoms with E-state index in [9.17, 15) is 0 Å². The van der Waals surface area contributed by atoms with Crippen molar-refractivity contribution in [1.82, 2.24) is 29.6 Å². The van der Waals surface area contributed by atoms with Gasteiger partial charge in [0, 0.05) is 31.7 Å². The third kappa shape index (κ3) is 3.90. The van der Waals surface area contributed by atoms with Crippen LogP contribution in [0.15, 0.2) is 23.6 Å². The molecule has 0 saturated carbocycles. The summed E-state index contributed by atoms with van der Waals surface area (Å²) in [5.74, 6) is 2.00. The molecular weight excluding hydrogens is 262 g/mol. The highest BCUT2D eigenvalue weighted by Gasteiger charge is 2.08. The summed E-state index contributed by atoms with van der Waals surface area (Å²) in [7, 11) is 5.88. The van der Waals surface area contributed by atoms with Gasteiger partial charge in [0.1, 0.15) is 0 Å². The number of nitrogens with one attached hydrogen (secondary N) is 1. The predicted octanol–water partition coefficient (Wildman–Crippen LogP) is 0.753. The van der Waals surface area contributed by atoms with Crippen LogP contribution in [0.4, 0.5) is 5.95 Å². The average molecular weight is 279 g/mol. The van der Waals surface area contributed by atoms with Crippen molar-refractivity contribution in [3.05, 3.63) is 18.5 Å². The molecule has 0 unspecified atom stereocenters. The second kappa shape index (κ2) is 6.48. The van der Waals surface area contributed by atoms with E-state index in [1.54, 1.807) is 29.7 Å². The van der Waals surface area contributed by atoms with Crippen molar-refractivity contribution in [3.63, 3.8) is 0 Å². The van der Waals surface area contributed by atoms with Crippen LogP contribution in [0.3, 0.4) is 0 Å². The molecule has 0 radical (unpaired) electrons. The number of aromatic nitrogens is 5. The lowest BCUT2D eigenvalue weighted by atomic mass is 10.7. The van der Waals surface area contributed by atoms with Crippen molar-refractivity contribution < 1.29 is 0 Å². The first-order chi connectivity index (χ1) is 9.19. The number of hydrogen-bond acceptors (Lipinski definition) is 7. The van der Waals surface area contributed by atoms with Crippen LogP contribution in [0.5, 0.6) is 0 Å². The van der Waals surface area contributed by atoms with Crippen LogP contribution >= 0.6 is 11.8 Å². The van der Waals surface area contributed by atoms with E-state index in [4.69, 9.17) is 0 Å². The summed E-state index contributed by atoms with van der Waals surface area (Å²) in [4.78, 5) is 15.1. The van der Waals surface area contributed by atoms with E-state index >= 15 is 0 Å². The maximum Gasteiger partial charge on any atom is 0.256 e. The topological polar surface area (TPSA) is 71.8 Å². The lowest BCUT2D eigenvalue weighted by Crippen LogP contribution is -2.15. The fourth-order valence-electron chi connectivity index (χ4n) is 1.33. The van der Waals surface area contributed by atoms with Crippen molar-refractivity contribution in [2.24, 2.45) is 0 Å². The van der Waals surface area contributed by atoms with Crippen molar-refractivity contribution in [2.45, 2.75) is 5.16 Å². The van der Waals surface area contributed by atoms with Crippen LogP contribution in [0.25, 0.3) is 5.95 Å². The molecule has 0 aliphatic carbocycles. The second-order valence-electron chi connectivity index (χ2n) is 4.09. The molecule has 0 spiro atoms. The Morgan fingerprint density at radius 2 is 2.16 bits per heavy atom. The molecule has 0 aliphatic heterocycles. The molecule has 7 nitrogen and oxygen atoms in total. The van der Waals surface area contributed by atoms with Gasteiger partial charge in [0.15, 0.2) is 5.16 Å². The Hall–Kier alpha value is -1.67. The number of nitrogens with zero attached hydrogens (tertiary/aromatic N) is 6. The average Bonchev–Trinajstić information content (AvgIpc) is 2.92. The SMILES string of the molecule is CNc1nc(SCCN(C)C)nc(-n2cccn2)n1. The zero-order valence-electron chi connectivity index (χ0n) is 11.2. The molecule has 0 bridgehead atoms. The lowest BCUT2D eigenvalue weighted by molar-refractivity contribution is 0.437. The van der Waals surface area contributed by atoms with Crippen LogP contribution < -0.4 is 5.32 Å². The summed E-state index contributed by atoms with van der Waals surface area (Å²) in [5, 5.41) is 7.77. The Balaban J connectivity index is 2.16. The van der Waals surface area contributed by atoms with Gasteiger partial charge in [0.25, 0.3) is 5.95 Å². The minimum atomic E-state index is 0.525. The van der Waals surface area contributed by atoms with E-state index in [2.05, 4.69) is 30.3 Å². The Bertz CT molecular complexity index is 512. The molecule has 1 N–H and O–H groups in total. The van der Waals surface area contributed by atoms with E-state index in [-0.39, 0.29) is 0 Å². The van der Waals surface area contributed by atoms with Crippen LogP contribution in [-0.2, 0) is 0 Å². The van der Waals surface area contributed by atoms with E-state index in [0.717, 1.165) is 12.3 Å². The summed E-state index contributed by atoms with van der Waals surface area (Å²) >= 11 is 1.60. The summed E-state index contributed by atoms with van der Waals surface area (Å²) in [5.41, 5.74) is 0. The van der Waals surface area contributed by atoms with E-state index in [0.29, 0.717) is 17.1 Å². The molecule has 2 rings (SSSR count). The fourth-order valence-corrected chi connectivity index (χ4v) is 2.27. The van der Waals surface area contributed by atoms with Gasteiger partial charge in [-0.15, -0.1) is 0 Å². The third-order valence-corrected chi connectivity index (χ3v) is 3.13. The van der Waals surface area contributed by atoms with Gasteiger partial charge in [-0.3, -0.25) is 0 Å². The minimum absolute atomic E-state index is 0.525. The monoisotopic (exact) mass is 279 g/mol. The van der Waals surface area contributed by atoms with Crippen LogP contribution in [0, 0.1) is 0 Å². The zero-order chi connectivity index (χ0) is 13.7. The molecule has 8 heteroatoms. The third-order valence-electron chi connectivity index (χ3n) is 2.31. The molecular formula is C11H17N7S. The standard InChI is InChI=1S/C11H17N7S/c1-12-9-14-10(18-6-4-5-13-18)16-11(15-9)19-8-7-17(2)3/h4-6H,7-8H2,1-3H3,(H,12,14,15,16). The summed E-state index contributed by atoms with van der Waals surface area (Å²) in [6.45, 7) is 0.975. The maximum atomic E-state index is 4.40. The van der Waals surface area contributed by atoms with Gasteiger partial charge in [0.2, 0.25) is 5.95 Å². The number of hydrogen-bond donors (Lipinski definition) is 1. The molecule has 2 aromatic heterocycles. The molecule has 0 amide bonds. The van der Waals surface area contributed by atoms with E-state index in [1.807, 2.05) is 26.4 Å². The van der Waals surface area contributed by atoms with Gasteiger partial charge >= 0.3 is 0 Å². The molecule has 0 aliphatic rings. The number of thioether (sulfide) groups is 1. The number of anilines is 1. The summed E-state index contributed by atoms with van der Waals surface area (Å²) < 4.78 is 1.62. The Morgan fingerprint density at radius 1 is 1.32 bits per heavy atom. The van der Waals surface area contributed by atoms with Crippen molar-refractivity contribution in [2.75, 3.05) is 38.8 Å². The Morgan fingerprint density at radius 3 is 2.79 bits per heavy atom. The van der Waals surface area contributed by atoms with Gasteiger partial charge in [0.05, 0.1) is 0 Å². The van der Waals surface area contributed by atoms with Crippen LogP contribution in [-0.4, -0.2) is 63.1 Å². The molecule has 2 heterocycles. The molecule has 102 valence electrons. The Labute approximate surface area is 116 Å². The second-order valence-corrected chi connectivity index (χ2v) is 5.16. The van der Waals surface area contributed by atoms with Gasteiger partial charge in [-0.05, 0) is 20.2 Å². The lowest BCUT2D eigenvalue weighted by Gasteiger charge is -2.09. The van der Waals surface area contributed by atoms with Crippen molar-refractivity contribution in [1.29, 1.82) is 0 Å². The largest absolute Gasteiger partial charge is 0.357 e. The highest BCUT2D eigenvalue weighted by Crippen LogP contribution is 2.15. The predicted molar refractivity (Wildman–Crippen MR) is 75.8 cm³/mol. The molecule has 0 atom stereocenters. The van der Waals surface area contributed by atoms with Gasteiger partial charge < -0.3 is 10.2 Å². The van der Waals surface area contributed by atoms with Crippen molar-refractivity contribution in [3.8, 4) is 5.95 Å². The van der Waals surface area contributed by atoms with Crippen LogP contribution in [0.1, 0.15) is 0 Å². The minimum Gasteiger partial charge on any atom is -0.357 e. The van der Waals surface area contributed by atoms with E-state index < -0.39 is 0 Å². The smallest absolute Gasteiger partial charge is 0.256 e.